The Hall–Kier alpha value is -1.78. The summed E-state index contributed by atoms with van der Waals surface area (Å²) in [6.45, 7) is 2.48. The first-order valence-electron chi connectivity index (χ1n) is 4.69. The van der Waals surface area contributed by atoms with E-state index in [1.54, 1.807) is 6.07 Å². The largest absolute Gasteiger partial charge is 0.395 e. The fraction of sp³-hybridized carbons (Fsp3) is 0.300. The molecule has 4 N–H and O–H groups in total. The second-order valence-electron chi connectivity index (χ2n) is 3.01. The van der Waals surface area contributed by atoms with Crippen molar-refractivity contribution < 1.29 is 9.18 Å². The van der Waals surface area contributed by atoms with E-state index in [0.717, 1.165) is 0 Å². The fourth-order valence-electron chi connectivity index (χ4n) is 1.13. The molecule has 0 heterocycles. The van der Waals surface area contributed by atoms with Crippen LogP contribution in [0, 0.1) is 5.82 Å². The Morgan fingerprint density at radius 2 is 2.27 bits per heavy atom. The smallest absolute Gasteiger partial charge is 0.239 e. The molecule has 0 saturated heterocycles. The van der Waals surface area contributed by atoms with Crippen molar-refractivity contribution in [2.45, 2.75) is 6.92 Å². The van der Waals surface area contributed by atoms with Crippen LogP contribution in [-0.4, -0.2) is 19.0 Å². The molecule has 0 aliphatic carbocycles. The van der Waals surface area contributed by atoms with Crippen LogP contribution in [0.5, 0.6) is 0 Å². The first-order chi connectivity index (χ1) is 7.15. The van der Waals surface area contributed by atoms with Crippen LogP contribution in [0.2, 0.25) is 0 Å². The minimum atomic E-state index is -0.490. The zero-order valence-electron chi connectivity index (χ0n) is 8.51. The quantitative estimate of drug-likeness (QED) is 0.650. The number of para-hydroxylation sites is 1. The molecule has 0 aromatic heterocycles. The topological polar surface area (TPSA) is 67.2 Å². The number of hydrogen-bond donors (Lipinski definition) is 3. The van der Waals surface area contributed by atoms with E-state index < -0.39 is 5.82 Å². The van der Waals surface area contributed by atoms with E-state index in [4.69, 9.17) is 5.73 Å². The number of rotatable bonds is 4. The van der Waals surface area contributed by atoms with Gasteiger partial charge in [0.25, 0.3) is 0 Å². The van der Waals surface area contributed by atoms with E-state index in [-0.39, 0.29) is 18.1 Å². The molecule has 0 bridgehead atoms. The minimum Gasteiger partial charge on any atom is -0.395 e. The number of nitrogens with one attached hydrogen (secondary N) is 2. The number of halogens is 1. The number of benzene rings is 1. The van der Waals surface area contributed by atoms with E-state index >= 15 is 0 Å². The summed E-state index contributed by atoms with van der Waals surface area (Å²) in [5.74, 6) is -0.642. The summed E-state index contributed by atoms with van der Waals surface area (Å²) >= 11 is 0. The van der Waals surface area contributed by atoms with Gasteiger partial charge in [0.2, 0.25) is 5.91 Å². The molecule has 0 spiro atoms. The molecule has 0 radical (unpaired) electrons. The molecule has 0 saturated carbocycles. The van der Waals surface area contributed by atoms with Gasteiger partial charge in [-0.25, -0.2) is 4.39 Å². The normalized spacial score (nSPS) is 9.73. The number of carbonyl (C=O) groups excluding carboxylic acids is 1. The number of likely N-dealkylation sites (N-methyl/N-ethyl adjacent to an activating group) is 1. The van der Waals surface area contributed by atoms with Gasteiger partial charge in [-0.15, -0.1) is 0 Å². The highest BCUT2D eigenvalue weighted by Gasteiger charge is 2.05. The van der Waals surface area contributed by atoms with Gasteiger partial charge in [-0.1, -0.05) is 6.07 Å². The molecule has 0 aliphatic rings. The van der Waals surface area contributed by atoms with Gasteiger partial charge in [-0.3, -0.25) is 4.79 Å². The second kappa shape index (κ2) is 5.19. The SMILES string of the molecule is CCNC(=O)CNc1cccc(F)c1N. The van der Waals surface area contributed by atoms with Crippen molar-refractivity contribution in [3.8, 4) is 0 Å². The molecule has 4 nitrogen and oxygen atoms in total. The van der Waals surface area contributed by atoms with Crippen molar-refractivity contribution in [1.29, 1.82) is 0 Å². The monoisotopic (exact) mass is 211 g/mol. The van der Waals surface area contributed by atoms with Crippen molar-refractivity contribution in [2.24, 2.45) is 0 Å². The molecule has 1 rings (SSSR count). The highest BCUT2D eigenvalue weighted by molar-refractivity contribution is 5.82. The first kappa shape index (κ1) is 11.3. The Labute approximate surface area is 87.7 Å². The molecule has 1 aromatic carbocycles. The van der Waals surface area contributed by atoms with Crippen LogP contribution in [-0.2, 0) is 4.79 Å². The maximum absolute atomic E-state index is 13.0. The van der Waals surface area contributed by atoms with E-state index in [0.29, 0.717) is 12.2 Å². The number of amides is 1. The molecule has 0 atom stereocenters. The van der Waals surface area contributed by atoms with Gasteiger partial charge in [-0.2, -0.15) is 0 Å². The van der Waals surface area contributed by atoms with Crippen molar-refractivity contribution in [3.63, 3.8) is 0 Å². The van der Waals surface area contributed by atoms with Crippen molar-refractivity contribution >= 4 is 17.3 Å². The van der Waals surface area contributed by atoms with Gasteiger partial charge in [-0.05, 0) is 19.1 Å². The maximum atomic E-state index is 13.0. The predicted octanol–water partition coefficient (Wildman–Crippen LogP) is 0.956. The summed E-state index contributed by atoms with van der Waals surface area (Å²) in [5.41, 5.74) is 5.93. The molecule has 1 aromatic rings. The van der Waals surface area contributed by atoms with Gasteiger partial charge >= 0.3 is 0 Å². The fourth-order valence-corrected chi connectivity index (χ4v) is 1.13. The Morgan fingerprint density at radius 1 is 1.53 bits per heavy atom. The second-order valence-corrected chi connectivity index (χ2v) is 3.01. The van der Waals surface area contributed by atoms with Crippen molar-refractivity contribution in [1.82, 2.24) is 5.32 Å². The average Bonchev–Trinajstić information content (AvgIpc) is 2.21. The molecular formula is C10H14FN3O. The summed E-state index contributed by atoms with van der Waals surface area (Å²) in [4.78, 5) is 11.1. The summed E-state index contributed by atoms with van der Waals surface area (Å²) in [6, 6.07) is 4.43. The van der Waals surface area contributed by atoms with Gasteiger partial charge in [0.1, 0.15) is 5.82 Å². The Kier molecular flexibility index (Phi) is 3.91. The summed E-state index contributed by atoms with van der Waals surface area (Å²) in [6.07, 6.45) is 0. The first-order valence-corrected chi connectivity index (χ1v) is 4.69. The number of nitrogen functional groups attached to an aromatic ring is 1. The minimum absolute atomic E-state index is 0.0294. The third kappa shape index (κ3) is 3.12. The summed E-state index contributed by atoms with van der Waals surface area (Å²) in [5, 5.41) is 5.38. The van der Waals surface area contributed by atoms with Crippen LogP contribution >= 0.6 is 0 Å². The molecule has 5 heteroatoms. The molecule has 15 heavy (non-hydrogen) atoms. The van der Waals surface area contributed by atoms with Crippen LogP contribution in [0.3, 0.4) is 0 Å². The lowest BCUT2D eigenvalue weighted by Gasteiger charge is -2.09. The molecule has 0 aliphatic heterocycles. The molecule has 0 fully saturated rings. The Morgan fingerprint density at radius 3 is 2.93 bits per heavy atom. The Balaban J connectivity index is 2.58. The maximum Gasteiger partial charge on any atom is 0.239 e. The lowest BCUT2D eigenvalue weighted by molar-refractivity contribution is -0.119. The molecular weight excluding hydrogens is 197 g/mol. The van der Waals surface area contributed by atoms with Crippen molar-refractivity contribution in [3.05, 3.63) is 24.0 Å². The zero-order chi connectivity index (χ0) is 11.3. The van der Waals surface area contributed by atoms with Gasteiger partial charge < -0.3 is 16.4 Å². The Bertz CT molecular complexity index is 355. The average molecular weight is 211 g/mol. The third-order valence-electron chi connectivity index (χ3n) is 1.87. The lowest BCUT2D eigenvalue weighted by Crippen LogP contribution is -2.29. The predicted molar refractivity (Wildman–Crippen MR) is 58.0 cm³/mol. The van der Waals surface area contributed by atoms with Crippen molar-refractivity contribution in [2.75, 3.05) is 24.1 Å². The zero-order valence-corrected chi connectivity index (χ0v) is 8.51. The number of hydrogen-bond acceptors (Lipinski definition) is 3. The lowest BCUT2D eigenvalue weighted by atomic mass is 10.2. The van der Waals surface area contributed by atoms with Crippen LogP contribution in [0.4, 0.5) is 15.8 Å². The number of carbonyl (C=O) groups is 1. The highest BCUT2D eigenvalue weighted by atomic mass is 19.1. The number of anilines is 2. The molecule has 1 amide bonds. The van der Waals surface area contributed by atoms with E-state index in [9.17, 15) is 9.18 Å². The van der Waals surface area contributed by atoms with Gasteiger partial charge in [0, 0.05) is 6.54 Å². The van der Waals surface area contributed by atoms with Gasteiger partial charge in [0.05, 0.1) is 17.9 Å². The third-order valence-corrected chi connectivity index (χ3v) is 1.87. The summed E-state index contributed by atoms with van der Waals surface area (Å²) < 4.78 is 13.0. The molecule has 0 unspecified atom stereocenters. The van der Waals surface area contributed by atoms with Crippen LogP contribution in [0.1, 0.15) is 6.92 Å². The standard InChI is InChI=1S/C10H14FN3O/c1-2-13-9(15)6-14-8-5-3-4-7(11)10(8)12/h3-5,14H,2,6,12H2,1H3,(H,13,15). The van der Waals surface area contributed by atoms with E-state index in [1.165, 1.54) is 12.1 Å². The number of nitrogens with two attached hydrogens (primary N) is 1. The van der Waals surface area contributed by atoms with Gasteiger partial charge in [0.15, 0.2) is 0 Å². The molecule has 82 valence electrons. The van der Waals surface area contributed by atoms with Crippen LogP contribution < -0.4 is 16.4 Å². The van der Waals surface area contributed by atoms with Crippen LogP contribution in [0.15, 0.2) is 18.2 Å². The van der Waals surface area contributed by atoms with Crippen LogP contribution in [0.25, 0.3) is 0 Å². The summed E-state index contributed by atoms with van der Waals surface area (Å²) in [7, 11) is 0. The van der Waals surface area contributed by atoms with E-state index in [2.05, 4.69) is 10.6 Å². The van der Waals surface area contributed by atoms with E-state index in [1.807, 2.05) is 6.92 Å². The highest BCUT2D eigenvalue weighted by Crippen LogP contribution is 2.20.